The van der Waals surface area contributed by atoms with Gasteiger partial charge < -0.3 is 0 Å². The first-order chi connectivity index (χ1) is 6.53. The van der Waals surface area contributed by atoms with Crippen LogP contribution in [-0.4, -0.2) is 29.2 Å². The Morgan fingerprint density at radius 2 is 2.21 bits per heavy atom. The smallest absolute Gasteiger partial charge is 0.115 e. The molecule has 0 saturated carbocycles. The highest BCUT2D eigenvalue weighted by atomic mass is 19.1. The summed E-state index contributed by atoms with van der Waals surface area (Å²) in [5.41, 5.74) is 0.229. The molecule has 0 aromatic carbocycles. The van der Waals surface area contributed by atoms with E-state index in [4.69, 9.17) is 0 Å². The topological polar surface area (TPSA) is 3.24 Å². The van der Waals surface area contributed by atoms with Gasteiger partial charge >= 0.3 is 0 Å². The van der Waals surface area contributed by atoms with E-state index in [9.17, 15) is 4.39 Å². The van der Waals surface area contributed by atoms with E-state index in [-0.39, 0.29) is 5.54 Å². The van der Waals surface area contributed by atoms with E-state index >= 15 is 0 Å². The summed E-state index contributed by atoms with van der Waals surface area (Å²) in [5.74, 6) is 0.688. The Labute approximate surface area is 86.7 Å². The highest BCUT2D eigenvalue weighted by molar-refractivity contribution is 5.06. The number of alkyl halides is 1. The van der Waals surface area contributed by atoms with E-state index in [1.807, 2.05) is 0 Å². The van der Waals surface area contributed by atoms with Crippen LogP contribution in [0.5, 0.6) is 0 Å². The average Bonchev–Trinajstić information content (AvgIpc) is 2.49. The Hall–Kier alpha value is -0.110. The zero-order valence-electron chi connectivity index (χ0n) is 9.59. The van der Waals surface area contributed by atoms with Crippen LogP contribution in [-0.2, 0) is 0 Å². The van der Waals surface area contributed by atoms with Gasteiger partial charge in [0.05, 0.1) is 0 Å². The quantitative estimate of drug-likeness (QED) is 0.661. The largest absolute Gasteiger partial charge is 0.292 e. The van der Waals surface area contributed by atoms with Gasteiger partial charge in [-0.05, 0) is 38.5 Å². The molecule has 2 aliphatic heterocycles. The first kappa shape index (κ1) is 10.4. The summed E-state index contributed by atoms with van der Waals surface area (Å²) in [7, 11) is 0. The van der Waals surface area contributed by atoms with Gasteiger partial charge in [0.2, 0.25) is 0 Å². The predicted molar refractivity (Wildman–Crippen MR) is 57.1 cm³/mol. The minimum Gasteiger partial charge on any atom is -0.292 e. The van der Waals surface area contributed by atoms with Gasteiger partial charge in [-0.1, -0.05) is 13.8 Å². The Morgan fingerprint density at radius 1 is 1.50 bits per heavy atom. The summed E-state index contributed by atoms with van der Waals surface area (Å²) in [5, 5.41) is 0. The monoisotopic (exact) mass is 199 g/mol. The van der Waals surface area contributed by atoms with Gasteiger partial charge in [-0.25, -0.2) is 4.39 Å². The van der Waals surface area contributed by atoms with Crippen molar-refractivity contribution in [3.05, 3.63) is 0 Å². The molecular weight excluding hydrogens is 177 g/mol. The molecule has 0 N–H and O–H groups in total. The van der Waals surface area contributed by atoms with Crippen LogP contribution in [0.2, 0.25) is 0 Å². The molecule has 82 valence electrons. The lowest BCUT2D eigenvalue weighted by molar-refractivity contribution is 0.132. The lowest BCUT2D eigenvalue weighted by Crippen LogP contribution is -2.42. The van der Waals surface area contributed by atoms with E-state index in [0.29, 0.717) is 18.5 Å². The average molecular weight is 199 g/mol. The molecule has 2 fully saturated rings. The van der Waals surface area contributed by atoms with Gasteiger partial charge in [-0.3, -0.25) is 4.90 Å². The van der Waals surface area contributed by atoms with Crippen molar-refractivity contribution in [2.75, 3.05) is 6.54 Å². The van der Waals surface area contributed by atoms with Gasteiger partial charge in [0.25, 0.3) is 0 Å². The first-order valence-corrected chi connectivity index (χ1v) is 5.94. The van der Waals surface area contributed by atoms with Crippen molar-refractivity contribution in [2.24, 2.45) is 5.92 Å². The molecule has 2 aliphatic rings. The molecule has 0 aromatic rings. The second-order valence-electron chi connectivity index (χ2n) is 5.66. The highest BCUT2D eigenvalue weighted by Crippen LogP contribution is 2.46. The van der Waals surface area contributed by atoms with E-state index in [1.54, 1.807) is 0 Å². The summed E-state index contributed by atoms with van der Waals surface area (Å²) in [6.45, 7) is 7.44. The lowest BCUT2D eigenvalue weighted by atomic mass is 9.85. The molecule has 2 saturated heterocycles. The summed E-state index contributed by atoms with van der Waals surface area (Å²) in [4.78, 5) is 2.44. The molecule has 0 aromatic heterocycles. The maximum absolute atomic E-state index is 13.5. The molecule has 0 bridgehead atoms. The lowest BCUT2D eigenvalue weighted by Gasteiger charge is -2.35. The van der Waals surface area contributed by atoms with Crippen molar-refractivity contribution in [3.8, 4) is 0 Å². The maximum Gasteiger partial charge on any atom is 0.115 e. The Morgan fingerprint density at radius 3 is 2.86 bits per heavy atom. The van der Waals surface area contributed by atoms with Crippen molar-refractivity contribution >= 4 is 0 Å². The second kappa shape index (κ2) is 3.48. The van der Waals surface area contributed by atoms with Crippen LogP contribution < -0.4 is 0 Å². The molecule has 2 heterocycles. The molecule has 2 heteroatoms. The summed E-state index contributed by atoms with van der Waals surface area (Å²) in [6, 6.07) is 0.606. The number of hydrogen-bond acceptors (Lipinski definition) is 1. The van der Waals surface area contributed by atoms with Crippen LogP contribution in [0.25, 0.3) is 0 Å². The van der Waals surface area contributed by atoms with Crippen LogP contribution in [0.4, 0.5) is 4.39 Å². The van der Waals surface area contributed by atoms with Gasteiger partial charge in [0.15, 0.2) is 0 Å². The minimum absolute atomic E-state index is 0.229. The fraction of sp³-hybridized carbons (Fsp3) is 1.00. The molecule has 0 unspecified atom stereocenters. The van der Waals surface area contributed by atoms with Gasteiger partial charge in [0.1, 0.15) is 6.17 Å². The number of halogens is 1. The van der Waals surface area contributed by atoms with Crippen molar-refractivity contribution in [1.82, 2.24) is 4.90 Å². The zero-order valence-corrected chi connectivity index (χ0v) is 9.59. The van der Waals surface area contributed by atoms with Crippen molar-refractivity contribution in [3.63, 3.8) is 0 Å². The van der Waals surface area contributed by atoms with Crippen LogP contribution in [0.3, 0.4) is 0 Å². The van der Waals surface area contributed by atoms with E-state index in [1.165, 1.54) is 19.3 Å². The Balaban J connectivity index is 2.14. The number of nitrogens with zero attached hydrogens (tertiary/aromatic N) is 1. The molecule has 0 aliphatic carbocycles. The molecule has 1 nitrogen and oxygen atoms in total. The summed E-state index contributed by atoms with van der Waals surface area (Å²) >= 11 is 0. The standard InChI is InChI=1S/C12H22FN/c1-9(2)6-12-5-4-10(3)14(12)8-11(13)7-12/h9-11H,4-8H2,1-3H3/t10-,11+,12+/m0/s1. The molecule has 0 spiro atoms. The van der Waals surface area contributed by atoms with Crippen LogP contribution >= 0.6 is 0 Å². The molecule has 0 radical (unpaired) electrons. The molecule has 2 rings (SSSR count). The number of hydrogen-bond donors (Lipinski definition) is 0. The fourth-order valence-electron chi connectivity index (χ4n) is 3.59. The van der Waals surface area contributed by atoms with Crippen molar-refractivity contribution < 1.29 is 4.39 Å². The molecule has 3 atom stereocenters. The van der Waals surface area contributed by atoms with E-state index in [2.05, 4.69) is 25.7 Å². The zero-order chi connectivity index (χ0) is 10.3. The number of rotatable bonds is 2. The van der Waals surface area contributed by atoms with Crippen LogP contribution in [0.1, 0.15) is 46.5 Å². The van der Waals surface area contributed by atoms with Crippen LogP contribution in [0, 0.1) is 5.92 Å². The second-order valence-corrected chi connectivity index (χ2v) is 5.66. The van der Waals surface area contributed by atoms with E-state index < -0.39 is 6.17 Å². The molecular formula is C12H22FN. The summed E-state index contributed by atoms with van der Waals surface area (Å²) < 4.78 is 13.5. The van der Waals surface area contributed by atoms with Crippen LogP contribution in [0.15, 0.2) is 0 Å². The predicted octanol–water partition coefficient (Wildman–Crippen LogP) is 3.00. The molecule has 0 amide bonds. The van der Waals surface area contributed by atoms with Crippen molar-refractivity contribution in [1.29, 1.82) is 0 Å². The third-order valence-corrected chi connectivity index (χ3v) is 3.95. The highest BCUT2D eigenvalue weighted by Gasteiger charge is 2.51. The number of fused-ring (bicyclic) bond motifs is 1. The summed E-state index contributed by atoms with van der Waals surface area (Å²) in [6.07, 6.45) is 3.87. The normalized spacial score (nSPS) is 43.5. The molecule has 14 heavy (non-hydrogen) atoms. The SMILES string of the molecule is CC(C)C[C@@]12CC[C@H](C)N1C[C@H](F)C2. The minimum atomic E-state index is -0.573. The first-order valence-electron chi connectivity index (χ1n) is 5.94. The van der Waals surface area contributed by atoms with E-state index in [0.717, 1.165) is 6.42 Å². The fourth-order valence-corrected chi connectivity index (χ4v) is 3.59. The Bertz CT molecular complexity index is 216. The van der Waals surface area contributed by atoms with Gasteiger partial charge in [-0.2, -0.15) is 0 Å². The Kier molecular flexibility index (Phi) is 2.59. The maximum atomic E-state index is 13.5. The van der Waals surface area contributed by atoms with Gasteiger partial charge in [0, 0.05) is 18.1 Å². The van der Waals surface area contributed by atoms with Gasteiger partial charge in [-0.15, -0.1) is 0 Å². The third kappa shape index (κ3) is 1.58. The third-order valence-electron chi connectivity index (χ3n) is 3.95. The van der Waals surface area contributed by atoms with Crippen molar-refractivity contribution in [2.45, 2.75) is 64.2 Å².